The van der Waals surface area contributed by atoms with Crippen LogP contribution < -0.4 is 4.90 Å². The smallest absolute Gasteiger partial charge is 0.129 e. The molecule has 4 nitrogen and oxygen atoms in total. The normalized spacial score (nSPS) is 10.9. The molecule has 0 saturated carbocycles. The molecule has 0 aliphatic rings. The molecule has 0 radical (unpaired) electrons. The molecule has 0 aromatic carbocycles. The van der Waals surface area contributed by atoms with Gasteiger partial charge in [-0.1, -0.05) is 19.9 Å². The molecule has 0 fully saturated rings. The molecule has 1 N–H and O–H groups in total. The van der Waals surface area contributed by atoms with Crippen molar-refractivity contribution in [1.82, 2.24) is 9.97 Å². The number of pyridine rings is 2. The van der Waals surface area contributed by atoms with Crippen molar-refractivity contribution in [3.05, 3.63) is 53.5 Å². The number of anilines is 1. The van der Waals surface area contributed by atoms with E-state index in [1.165, 1.54) is 0 Å². The van der Waals surface area contributed by atoms with Gasteiger partial charge in [-0.2, -0.15) is 0 Å². The van der Waals surface area contributed by atoms with Crippen molar-refractivity contribution in [3.8, 4) is 0 Å². The highest BCUT2D eigenvalue weighted by Crippen LogP contribution is 2.21. The van der Waals surface area contributed by atoms with Gasteiger partial charge >= 0.3 is 0 Å². The molecule has 0 unspecified atom stereocenters. The molecule has 4 heteroatoms. The van der Waals surface area contributed by atoms with Crippen molar-refractivity contribution in [2.75, 3.05) is 11.4 Å². The lowest BCUT2D eigenvalue weighted by atomic mass is 10.1. The second-order valence-corrected chi connectivity index (χ2v) is 5.41. The van der Waals surface area contributed by atoms with Crippen molar-refractivity contribution in [3.63, 3.8) is 0 Å². The summed E-state index contributed by atoms with van der Waals surface area (Å²) < 4.78 is 0. The summed E-state index contributed by atoms with van der Waals surface area (Å²) in [4.78, 5) is 11.3. The van der Waals surface area contributed by atoms with Gasteiger partial charge in [0.25, 0.3) is 0 Å². The van der Waals surface area contributed by atoms with Crippen LogP contribution in [0.2, 0.25) is 0 Å². The zero-order valence-electron chi connectivity index (χ0n) is 13.0. The maximum atomic E-state index is 9.45. The van der Waals surface area contributed by atoms with E-state index >= 15 is 0 Å². The zero-order valence-corrected chi connectivity index (χ0v) is 13.0. The Hall–Kier alpha value is -1.94. The lowest BCUT2D eigenvalue weighted by Gasteiger charge is -2.23. The Morgan fingerprint density at radius 3 is 2.62 bits per heavy atom. The standard InChI is InChI=1S/C17H23N3O/c1-4-20(11-15-7-5-6-8-18-15)17-10-14(12-21)9-16(19-17)13(2)3/h5-10,13,21H,4,11-12H2,1-3H3. The summed E-state index contributed by atoms with van der Waals surface area (Å²) in [5.41, 5.74) is 2.93. The van der Waals surface area contributed by atoms with Crippen LogP contribution in [0.15, 0.2) is 36.5 Å². The van der Waals surface area contributed by atoms with Crippen molar-refractivity contribution in [2.45, 2.75) is 39.8 Å². The molecule has 2 aromatic heterocycles. The predicted octanol–water partition coefficient (Wildman–Crippen LogP) is 3.12. The highest BCUT2D eigenvalue weighted by molar-refractivity contribution is 5.43. The van der Waals surface area contributed by atoms with Gasteiger partial charge in [0, 0.05) is 18.4 Å². The first-order valence-electron chi connectivity index (χ1n) is 7.40. The number of hydrogen-bond acceptors (Lipinski definition) is 4. The van der Waals surface area contributed by atoms with Gasteiger partial charge < -0.3 is 10.0 Å². The van der Waals surface area contributed by atoms with E-state index in [2.05, 4.69) is 30.7 Å². The predicted molar refractivity (Wildman–Crippen MR) is 85.2 cm³/mol. The minimum Gasteiger partial charge on any atom is -0.392 e. The number of hydrogen-bond donors (Lipinski definition) is 1. The van der Waals surface area contributed by atoms with E-state index in [4.69, 9.17) is 4.98 Å². The summed E-state index contributed by atoms with van der Waals surface area (Å²) in [6.07, 6.45) is 1.81. The molecule has 0 bridgehead atoms. The van der Waals surface area contributed by atoms with Crippen molar-refractivity contribution >= 4 is 5.82 Å². The highest BCUT2D eigenvalue weighted by atomic mass is 16.3. The first-order chi connectivity index (χ1) is 10.1. The van der Waals surface area contributed by atoms with E-state index in [0.717, 1.165) is 35.9 Å². The largest absolute Gasteiger partial charge is 0.392 e. The van der Waals surface area contributed by atoms with E-state index in [9.17, 15) is 5.11 Å². The number of aromatic nitrogens is 2. The van der Waals surface area contributed by atoms with Gasteiger partial charge in [-0.3, -0.25) is 4.98 Å². The van der Waals surface area contributed by atoms with Crippen molar-refractivity contribution in [1.29, 1.82) is 0 Å². The molecule has 0 aliphatic heterocycles. The fraction of sp³-hybridized carbons (Fsp3) is 0.412. The molecule has 21 heavy (non-hydrogen) atoms. The summed E-state index contributed by atoms with van der Waals surface area (Å²) in [7, 11) is 0. The van der Waals surface area contributed by atoms with Gasteiger partial charge in [0.15, 0.2) is 0 Å². The average Bonchev–Trinajstić information content (AvgIpc) is 2.53. The Balaban J connectivity index is 2.30. The first kappa shape index (κ1) is 15.4. The average molecular weight is 285 g/mol. The third kappa shape index (κ3) is 4.02. The van der Waals surface area contributed by atoms with Crippen LogP contribution in [0.25, 0.3) is 0 Å². The molecule has 0 atom stereocenters. The van der Waals surface area contributed by atoms with E-state index in [1.54, 1.807) is 6.20 Å². The first-order valence-corrected chi connectivity index (χ1v) is 7.40. The number of aliphatic hydroxyl groups is 1. The molecular weight excluding hydrogens is 262 g/mol. The Labute approximate surface area is 126 Å². The van der Waals surface area contributed by atoms with Crippen molar-refractivity contribution < 1.29 is 5.11 Å². The molecule has 2 aromatic rings. The summed E-state index contributed by atoms with van der Waals surface area (Å²) in [6.45, 7) is 7.93. The number of aliphatic hydroxyl groups excluding tert-OH is 1. The van der Waals surface area contributed by atoms with E-state index < -0.39 is 0 Å². The summed E-state index contributed by atoms with van der Waals surface area (Å²) in [5.74, 6) is 1.24. The van der Waals surface area contributed by atoms with Crippen LogP contribution in [-0.2, 0) is 13.2 Å². The van der Waals surface area contributed by atoms with Crippen molar-refractivity contribution in [2.24, 2.45) is 0 Å². The monoisotopic (exact) mass is 285 g/mol. The molecule has 112 valence electrons. The topological polar surface area (TPSA) is 49.2 Å². The molecule has 0 saturated heterocycles. The van der Waals surface area contributed by atoms with Crippen LogP contribution >= 0.6 is 0 Å². The van der Waals surface area contributed by atoms with Gasteiger partial charge in [-0.15, -0.1) is 0 Å². The van der Waals surface area contributed by atoms with Gasteiger partial charge in [0.05, 0.1) is 18.8 Å². The molecular formula is C17H23N3O. The lowest BCUT2D eigenvalue weighted by Crippen LogP contribution is -2.24. The van der Waals surface area contributed by atoms with E-state index in [-0.39, 0.29) is 6.61 Å². The van der Waals surface area contributed by atoms with Gasteiger partial charge in [-0.05, 0) is 42.7 Å². The fourth-order valence-corrected chi connectivity index (χ4v) is 2.19. The van der Waals surface area contributed by atoms with Crippen LogP contribution in [0.3, 0.4) is 0 Å². The van der Waals surface area contributed by atoms with E-state index in [1.807, 2.05) is 30.3 Å². The van der Waals surface area contributed by atoms with Gasteiger partial charge in [0.1, 0.15) is 5.82 Å². The van der Waals surface area contributed by atoms with Gasteiger partial charge in [0.2, 0.25) is 0 Å². The van der Waals surface area contributed by atoms with E-state index in [0.29, 0.717) is 5.92 Å². The van der Waals surface area contributed by atoms with Crippen LogP contribution in [-0.4, -0.2) is 21.6 Å². The molecule has 2 rings (SSSR count). The summed E-state index contributed by atoms with van der Waals surface area (Å²) >= 11 is 0. The Morgan fingerprint density at radius 2 is 2.05 bits per heavy atom. The van der Waals surface area contributed by atoms with Crippen LogP contribution in [0, 0.1) is 0 Å². The minimum atomic E-state index is 0.0381. The van der Waals surface area contributed by atoms with Crippen LogP contribution in [0.5, 0.6) is 0 Å². The Bertz CT molecular complexity index is 570. The molecule has 0 spiro atoms. The third-order valence-corrected chi connectivity index (χ3v) is 3.45. The zero-order chi connectivity index (χ0) is 15.2. The quantitative estimate of drug-likeness (QED) is 0.886. The molecule has 2 heterocycles. The molecule has 0 aliphatic carbocycles. The maximum absolute atomic E-state index is 9.45. The second-order valence-electron chi connectivity index (χ2n) is 5.41. The minimum absolute atomic E-state index is 0.0381. The fourth-order valence-electron chi connectivity index (χ4n) is 2.19. The number of rotatable bonds is 6. The second kappa shape index (κ2) is 7.18. The SMILES string of the molecule is CCN(Cc1ccccn1)c1cc(CO)cc(C(C)C)n1. The summed E-state index contributed by atoms with van der Waals surface area (Å²) in [6, 6.07) is 9.86. The van der Waals surface area contributed by atoms with Gasteiger partial charge in [-0.25, -0.2) is 4.98 Å². The molecule has 0 amide bonds. The lowest BCUT2D eigenvalue weighted by molar-refractivity contribution is 0.281. The third-order valence-electron chi connectivity index (χ3n) is 3.45. The Kier molecular flexibility index (Phi) is 5.28. The highest BCUT2D eigenvalue weighted by Gasteiger charge is 2.12. The Morgan fingerprint density at radius 1 is 1.24 bits per heavy atom. The maximum Gasteiger partial charge on any atom is 0.129 e. The van der Waals surface area contributed by atoms with Crippen LogP contribution in [0.1, 0.15) is 43.6 Å². The van der Waals surface area contributed by atoms with Crippen LogP contribution in [0.4, 0.5) is 5.82 Å². The summed E-state index contributed by atoms with van der Waals surface area (Å²) in [5, 5.41) is 9.45. The number of nitrogens with zero attached hydrogens (tertiary/aromatic N) is 3.